The van der Waals surface area contributed by atoms with Crippen molar-refractivity contribution < 1.29 is 4.74 Å². The molecule has 1 aromatic carbocycles. The monoisotopic (exact) mass is 338 g/mol. The standard InChI is InChI=1S/C22H30N2O/c1-25-20-7-8-22-21(15-20)19(9-12-23-22)4-2-3-17-10-13-24(14-11-17)16-18-5-6-18/h7-9,12,15,17-18H,2-6,10-11,13-14,16H2,1H3. The van der Waals surface area contributed by atoms with E-state index in [2.05, 4.69) is 28.1 Å². The van der Waals surface area contributed by atoms with Crippen LogP contribution in [-0.2, 0) is 6.42 Å². The van der Waals surface area contributed by atoms with Gasteiger partial charge in [-0.1, -0.05) is 6.42 Å². The number of rotatable bonds is 7. The van der Waals surface area contributed by atoms with Crippen LogP contribution >= 0.6 is 0 Å². The summed E-state index contributed by atoms with van der Waals surface area (Å²) in [5, 5.41) is 1.25. The highest BCUT2D eigenvalue weighted by molar-refractivity contribution is 5.83. The molecule has 3 nitrogen and oxygen atoms in total. The Bertz CT molecular complexity index is 702. The normalized spacial score (nSPS) is 19.4. The first-order chi connectivity index (χ1) is 12.3. The summed E-state index contributed by atoms with van der Waals surface area (Å²) >= 11 is 0. The Morgan fingerprint density at radius 3 is 2.68 bits per heavy atom. The molecule has 0 amide bonds. The average Bonchev–Trinajstić information content (AvgIpc) is 3.47. The number of aromatic nitrogens is 1. The maximum absolute atomic E-state index is 5.39. The second-order valence-electron chi connectivity index (χ2n) is 7.93. The lowest BCUT2D eigenvalue weighted by Gasteiger charge is -2.32. The molecule has 1 aliphatic carbocycles. The molecule has 1 saturated heterocycles. The second-order valence-corrected chi connectivity index (χ2v) is 7.93. The van der Waals surface area contributed by atoms with E-state index in [4.69, 9.17) is 4.74 Å². The second kappa shape index (κ2) is 7.74. The summed E-state index contributed by atoms with van der Waals surface area (Å²) in [7, 11) is 1.73. The van der Waals surface area contributed by atoms with Gasteiger partial charge in [0.2, 0.25) is 0 Å². The Morgan fingerprint density at radius 1 is 1.08 bits per heavy atom. The highest BCUT2D eigenvalue weighted by Crippen LogP contribution is 2.32. The molecule has 1 saturated carbocycles. The number of piperidine rings is 1. The van der Waals surface area contributed by atoms with Crippen molar-refractivity contribution in [3.63, 3.8) is 0 Å². The van der Waals surface area contributed by atoms with Crippen LogP contribution in [-0.4, -0.2) is 36.6 Å². The molecule has 25 heavy (non-hydrogen) atoms. The molecule has 134 valence electrons. The van der Waals surface area contributed by atoms with Gasteiger partial charge in [0.15, 0.2) is 0 Å². The predicted octanol–water partition coefficient (Wildman–Crippen LogP) is 4.69. The SMILES string of the molecule is COc1ccc2nccc(CCCC3CCN(CC4CC4)CC3)c2c1. The Hall–Kier alpha value is -1.61. The highest BCUT2D eigenvalue weighted by atomic mass is 16.5. The van der Waals surface area contributed by atoms with E-state index in [1.807, 2.05) is 12.3 Å². The van der Waals surface area contributed by atoms with Gasteiger partial charge in [-0.3, -0.25) is 4.98 Å². The van der Waals surface area contributed by atoms with E-state index >= 15 is 0 Å². The van der Waals surface area contributed by atoms with Crippen molar-refractivity contribution in [2.24, 2.45) is 11.8 Å². The molecule has 1 aliphatic heterocycles. The Labute approximate surface area is 151 Å². The average molecular weight is 338 g/mol. The molecule has 1 aromatic heterocycles. The van der Waals surface area contributed by atoms with Gasteiger partial charge in [0, 0.05) is 18.1 Å². The molecule has 2 aromatic rings. The number of fused-ring (bicyclic) bond motifs is 1. The van der Waals surface area contributed by atoms with Crippen molar-refractivity contribution in [2.45, 2.75) is 44.9 Å². The van der Waals surface area contributed by atoms with Gasteiger partial charge in [-0.2, -0.15) is 0 Å². The van der Waals surface area contributed by atoms with Crippen LogP contribution < -0.4 is 4.74 Å². The molecule has 0 radical (unpaired) electrons. The fraction of sp³-hybridized carbons (Fsp3) is 0.591. The maximum atomic E-state index is 5.39. The van der Waals surface area contributed by atoms with E-state index < -0.39 is 0 Å². The molecule has 0 spiro atoms. The Morgan fingerprint density at radius 2 is 1.92 bits per heavy atom. The lowest BCUT2D eigenvalue weighted by Crippen LogP contribution is -2.35. The first-order valence-electron chi connectivity index (χ1n) is 9.96. The fourth-order valence-electron chi connectivity index (χ4n) is 4.23. The zero-order valence-electron chi connectivity index (χ0n) is 15.4. The van der Waals surface area contributed by atoms with E-state index in [0.717, 1.165) is 29.5 Å². The van der Waals surface area contributed by atoms with Crippen molar-refractivity contribution >= 4 is 10.9 Å². The van der Waals surface area contributed by atoms with Crippen molar-refractivity contribution in [3.05, 3.63) is 36.0 Å². The quantitative estimate of drug-likeness (QED) is 0.732. The van der Waals surface area contributed by atoms with Gasteiger partial charge in [-0.25, -0.2) is 0 Å². The maximum Gasteiger partial charge on any atom is 0.119 e. The number of pyridine rings is 1. The molecule has 2 heterocycles. The molecule has 0 bridgehead atoms. The summed E-state index contributed by atoms with van der Waals surface area (Å²) < 4.78 is 5.39. The van der Waals surface area contributed by atoms with Gasteiger partial charge in [0.05, 0.1) is 12.6 Å². The number of likely N-dealkylation sites (tertiary alicyclic amines) is 1. The van der Waals surface area contributed by atoms with Crippen LogP contribution in [0, 0.1) is 11.8 Å². The summed E-state index contributed by atoms with van der Waals surface area (Å²) in [4.78, 5) is 7.20. The highest BCUT2D eigenvalue weighted by Gasteiger charge is 2.26. The van der Waals surface area contributed by atoms with E-state index in [1.54, 1.807) is 7.11 Å². The molecule has 4 rings (SSSR count). The van der Waals surface area contributed by atoms with Gasteiger partial charge in [-0.05, 0) is 93.3 Å². The van der Waals surface area contributed by atoms with Crippen LogP contribution in [0.2, 0.25) is 0 Å². The van der Waals surface area contributed by atoms with Gasteiger partial charge in [0.1, 0.15) is 5.75 Å². The van der Waals surface area contributed by atoms with Gasteiger partial charge in [0.25, 0.3) is 0 Å². The summed E-state index contributed by atoms with van der Waals surface area (Å²) in [6, 6.07) is 8.37. The van der Waals surface area contributed by atoms with Crippen molar-refractivity contribution in [3.8, 4) is 5.75 Å². The number of methoxy groups -OCH3 is 1. The zero-order chi connectivity index (χ0) is 17.1. The van der Waals surface area contributed by atoms with Crippen LogP contribution in [0.5, 0.6) is 5.75 Å². The largest absolute Gasteiger partial charge is 0.497 e. The molecule has 3 heteroatoms. The van der Waals surface area contributed by atoms with Crippen LogP contribution in [0.15, 0.2) is 30.5 Å². The summed E-state index contributed by atoms with van der Waals surface area (Å²) in [6.45, 7) is 4.03. The van der Waals surface area contributed by atoms with E-state index in [1.165, 1.54) is 69.1 Å². The number of aryl methyl sites for hydroxylation is 1. The molecule has 2 aliphatic rings. The summed E-state index contributed by atoms with van der Waals surface area (Å²) in [5.41, 5.74) is 2.49. The zero-order valence-corrected chi connectivity index (χ0v) is 15.4. The lowest BCUT2D eigenvalue weighted by atomic mass is 9.90. The first kappa shape index (κ1) is 16.8. The van der Waals surface area contributed by atoms with Crippen LogP contribution in [0.1, 0.15) is 44.1 Å². The van der Waals surface area contributed by atoms with Crippen molar-refractivity contribution in [1.29, 1.82) is 0 Å². The third-order valence-corrected chi connectivity index (χ3v) is 6.02. The molecule has 2 fully saturated rings. The Balaban J connectivity index is 1.29. The summed E-state index contributed by atoms with van der Waals surface area (Å²) in [5.74, 6) is 2.89. The van der Waals surface area contributed by atoms with E-state index in [9.17, 15) is 0 Å². The lowest BCUT2D eigenvalue weighted by molar-refractivity contribution is 0.172. The number of benzene rings is 1. The summed E-state index contributed by atoms with van der Waals surface area (Å²) in [6.07, 6.45) is 11.5. The molecule has 0 atom stereocenters. The smallest absolute Gasteiger partial charge is 0.119 e. The third kappa shape index (κ3) is 4.33. The van der Waals surface area contributed by atoms with Crippen LogP contribution in [0.25, 0.3) is 10.9 Å². The van der Waals surface area contributed by atoms with E-state index in [0.29, 0.717) is 0 Å². The van der Waals surface area contributed by atoms with Crippen molar-refractivity contribution in [1.82, 2.24) is 9.88 Å². The number of hydrogen-bond donors (Lipinski definition) is 0. The van der Waals surface area contributed by atoms with Crippen LogP contribution in [0.3, 0.4) is 0 Å². The first-order valence-corrected chi connectivity index (χ1v) is 9.96. The number of nitrogens with zero attached hydrogens (tertiary/aromatic N) is 2. The van der Waals surface area contributed by atoms with Gasteiger partial charge < -0.3 is 9.64 Å². The topological polar surface area (TPSA) is 25.4 Å². The van der Waals surface area contributed by atoms with Crippen molar-refractivity contribution in [2.75, 3.05) is 26.7 Å². The number of ether oxygens (including phenoxy) is 1. The van der Waals surface area contributed by atoms with E-state index in [-0.39, 0.29) is 0 Å². The number of hydrogen-bond acceptors (Lipinski definition) is 3. The predicted molar refractivity (Wildman–Crippen MR) is 103 cm³/mol. The molecule has 0 unspecified atom stereocenters. The molecular formula is C22H30N2O. The van der Waals surface area contributed by atoms with Crippen LogP contribution in [0.4, 0.5) is 0 Å². The minimum Gasteiger partial charge on any atom is -0.497 e. The Kier molecular flexibility index (Phi) is 5.21. The minimum absolute atomic E-state index is 0.921. The van der Waals surface area contributed by atoms with Gasteiger partial charge in [-0.15, -0.1) is 0 Å². The van der Waals surface area contributed by atoms with Gasteiger partial charge >= 0.3 is 0 Å². The third-order valence-electron chi connectivity index (χ3n) is 6.02. The molecular weight excluding hydrogens is 308 g/mol. The fourth-order valence-corrected chi connectivity index (χ4v) is 4.23. The molecule has 0 N–H and O–H groups in total. The minimum atomic E-state index is 0.921.